The standard InChI is InChI=1S/C15H20N4O3/c1-10-17-14(19-18-10)9-16-15(20)7-5-11-4-6-12(21-2)13(8-11)22-3/h4,6,8H,5,7,9H2,1-3H3,(H,16,20)(H,17,18,19). The summed E-state index contributed by atoms with van der Waals surface area (Å²) >= 11 is 0. The molecule has 0 saturated carbocycles. The zero-order valence-electron chi connectivity index (χ0n) is 13.0. The normalized spacial score (nSPS) is 10.3. The second kappa shape index (κ2) is 7.44. The quantitative estimate of drug-likeness (QED) is 0.806. The number of aryl methyl sites for hydroxylation is 2. The molecule has 1 aromatic heterocycles. The smallest absolute Gasteiger partial charge is 0.220 e. The third-order valence-electron chi connectivity index (χ3n) is 3.18. The van der Waals surface area contributed by atoms with Gasteiger partial charge in [-0.15, -0.1) is 0 Å². The van der Waals surface area contributed by atoms with E-state index in [0.29, 0.717) is 36.7 Å². The molecule has 118 valence electrons. The maximum Gasteiger partial charge on any atom is 0.220 e. The Morgan fingerprint density at radius 1 is 1.27 bits per heavy atom. The number of methoxy groups -OCH3 is 2. The zero-order chi connectivity index (χ0) is 15.9. The van der Waals surface area contributed by atoms with Crippen LogP contribution < -0.4 is 14.8 Å². The van der Waals surface area contributed by atoms with Gasteiger partial charge in [-0.05, 0) is 31.0 Å². The molecule has 0 radical (unpaired) electrons. The highest BCUT2D eigenvalue weighted by Gasteiger charge is 2.08. The van der Waals surface area contributed by atoms with Crippen LogP contribution in [0.5, 0.6) is 11.5 Å². The summed E-state index contributed by atoms with van der Waals surface area (Å²) in [5.74, 6) is 2.61. The van der Waals surface area contributed by atoms with Gasteiger partial charge in [0.1, 0.15) is 5.82 Å². The number of carbonyl (C=O) groups is 1. The molecule has 1 heterocycles. The lowest BCUT2D eigenvalue weighted by atomic mass is 10.1. The Balaban J connectivity index is 1.83. The number of rotatable bonds is 7. The highest BCUT2D eigenvalue weighted by molar-refractivity contribution is 5.76. The summed E-state index contributed by atoms with van der Waals surface area (Å²) in [6.45, 7) is 2.14. The van der Waals surface area contributed by atoms with E-state index in [1.54, 1.807) is 14.2 Å². The lowest BCUT2D eigenvalue weighted by Gasteiger charge is -2.09. The second-order valence-electron chi connectivity index (χ2n) is 4.80. The number of hydrogen-bond acceptors (Lipinski definition) is 5. The number of nitrogens with one attached hydrogen (secondary N) is 2. The molecule has 0 aliphatic rings. The van der Waals surface area contributed by atoms with Gasteiger partial charge < -0.3 is 14.8 Å². The summed E-state index contributed by atoms with van der Waals surface area (Å²) in [6.07, 6.45) is 1.01. The van der Waals surface area contributed by atoms with Crippen LogP contribution in [0.15, 0.2) is 18.2 Å². The van der Waals surface area contributed by atoms with Crippen LogP contribution >= 0.6 is 0 Å². The molecule has 2 rings (SSSR count). The molecule has 1 amide bonds. The Bertz CT molecular complexity index is 639. The molecule has 0 saturated heterocycles. The van der Waals surface area contributed by atoms with E-state index >= 15 is 0 Å². The fraction of sp³-hybridized carbons (Fsp3) is 0.400. The van der Waals surface area contributed by atoms with Crippen molar-refractivity contribution in [2.24, 2.45) is 0 Å². The first-order valence-corrected chi connectivity index (χ1v) is 6.98. The molecular formula is C15H20N4O3. The number of benzene rings is 1. The summed E-state index contributed by atoms with van der Waals surface area (Å²) in [6, 6.07) is 5.64. The number of hydrogen-bond donors (Lipinski definition) is 2. The largest absolute Gasteiger partial charge is 0.493 e. The second-order valence-corrected chi connectivity index (χ2v) is 4.80. The van der Waals surface area contributed by atoms with Gasteiger partial charge in [0.15, 0.2) is 17.3 Å². The van der Waals surface area contributed by atoms with Gasteiger partial charge in [0.25, 0.3) is 0 Å². The monoisotopic (exact) mass is 304 g/mol. The highest BCUT2D eigenvalue weighted by atomic mass is 16.5. The number of aromatic nitrogens is 3. The van der Waals surface area contributed by atoms with Gasteiger partial charge in [-0.3, -0.25) is 9.89 Å². The van der Waals surface area contributed by atoms with Gasteiger partial charge in [0.2, 0.25) is 5.91 Å². The molecule has 2 N–H and O–H groups in total. The summed E-state index contributed by atoms with van der Waals surface area (Å²) < 4.78 is 10.4. The van der Waals surface area contributed by atoms with Crippen LogP contribution in [0, 0.1) is 6.92 Å². The predicted molar refractivity (Wildman–Crippen MR) is 80.8 cm³/mol. The van der Waals surface area contributed by atoms with Crippen molar-refractivity contribution in [1.29, 1.82) is 0 Å². The van der Waals surface area contributed by atoms with E-state index in [1.807, 2.05) is 25.1 Å². The Hall–Kier alpha value is -2.57. The maximum absolute atomic E-state index is 11.8. The van der Waals surface area contributed by atoms with E-state index in [9.17, 15) is 4.79 Å². The minimum Gasteiger partial charge on any atom is -0.493 e. The average molecular weight is 304 g/mol. The molecule has 7 heteroatoms. The summed E-state index contributed by atoms with van der Waals surface area (Å²) in [4.78, 5) is 16.0. The van der Waals surface area contributed by atoms with Crippen molar-refractivity contribution in [1.82, 2.24) is 20.5 Å². The molecule has 22 heavy (non-hydrogen) atoms. The molecular weight excluding hydrogens is 284 g/mol. The molecule has 0 fully saturated rings. The van der Waals surface area contributed by atoms with Crippen molar-refractivity contribution in [3.05, 3.63) is 35.4 Å². The first-order chi connectivity index (χ1) is 10.6. The van der Waals surface area contributed by atoms with Crippen molar-refractivity contribution in [3.63, 3.8) is 0 Å². The van der Waals surface area contributed by atoms with E-state index in [-0.39, 0.29) is 5.91 Å². The van der Waals surface area contributed by atoms with Crippen molar-refractivity contribution in [3.8, 4) is 11.5 Å². The van der Waals surface area contributed by atoms with Gasteiger partial charge in [0, 0.05) is 6.42 Å². The summed E-state index contributed by atoms with van der Waals surface area (Å²) in [5, 5.41) is 9.50. The number of carbonyl (C=O) groups excluding carboxylic acids is 1. The van der Waals surface area contributed by atoms with Gasteiger partial charge in [-0.25, -0.2) is 4.98 Å². The summed E-state index contributed by atoms with van der Waals surface area (Å²) in [7, 11) is 3.18. The molecule has 0 aliphatic heterocycles. The Morgan fingerprint density at radius 3 is 2.68 bits per heavy atom. The number of amides is 1. The molecule has 1 aromatic carbocycles. The predicted octanol–water partition coefficient (Wildman–Crippen LogP) is 1.38. The van der Waals surface area contributed by atoms with Crippen molar-refractivity contribution in [2.45, 2.75) is 26.3 Å². The third kappa shape index (κ3) is 4.21. The van der Waals surface area contributed by atoms with Crippen LogP contribution in [0.3, 0.4) is 0 Å². The number of aromatic amines is 1. The lowest BCUT2D eigenvalue weighted by molar-refractivity contribution is -0.121. The third-order valence-corrected chi connectivity index (χ3v) is 3.18. The first-order valence-electron chi connectivity index (χ1n) is 6.98. The molecule has 0 aliphatic carbocycles. The molecule has 0 bridgehead atoms. The Kier molecular flexibility index (Phi) is 5.35. The number of nitrogens with zero attached hydrogens (tertiary/aromatic N) is 2. The van der Waals surface area contributed by atoms with Crippen LogP contribution in [-0.2, 0) is 17.8 Å². The lowest BCUT2D eigenvalue weighted by Crippen LogP contribution is -2.23. The van der Waals surface area contributed by atoms with Crippen LogP contribution in [0.1, 0.15) is 23.6 Å². The Labute approximate surface area is 129 Å². The molecule has 0 atom stereocenters. The van der Waals surface area contributed by atoms with Crippen LogP contribution in [0.25, 0.3) is 0 Å². The van der Waals surface area contributed by atoms with Crippen molar-refractivity contribution < 1.29 is 14.3 Å². The fourth-order valence-electron chi connectivity index (χ4n) is 2.03. The van der Waals surface area contributed by atoms with E-state index in [2.05, 4.69) is 20.5 Å². The summed E-state index contributed by atoms with van der Waals surface area (Å²) in [5.41, 5.74) is 1.02. The van der Waals surface area contributed by atoms with Crippen LogP contribution in [0.2, 0.25) is 0 Å². The number of ether oxygens (including phenoxy) is 2. The molecule has 0 unspecified atom stereocenters. The van der Waals surface area contributed by atoms with Gasteiger partial charge in [0.05, 0.1) is 20.8 Å². The number of H-pyrrole nitrogens is 1. The SMILES string of the molecule is COc1ccc(CCC(=O)NCc2n[nH]c(C)n2)cc1OC. The average Bonchev–Trinajstić information content (AvgIpc) is 2.96. The highest BCUT2D eigenvalue weighted by Crippen LogP contribution is 2.27. The molecule has 7 nitrogen and oxygen atoms in total. The minimum absolute atomic E-state index is 0.0442. The molecule has 2 aromatic rings. The van der Waals surface area contributed by atoms with Crippen molar-refractivity contribution >= 4 is 5.91 Å². The van der Waals surface area contributed by atoms with E-state index < -0.39 is 0 Å². The van der Waals surface area contributed by atoms with Crippen LogP contribution in [0.4, 0.5) is 0 Å². The fourth-order valence-corrected chi connectivity index (χ4v) is 2.03. The van der Waals surface area contributed by atoms with Crippen molar-refractivity contribution in [2.75, 3.05) is 14.2 Å². The van der Waals surface area contributed by atoms with Gasteiger partial charge >= 0.3 is 0 Å². The molecule has 0 spiro atoms. The Morgan fingerprint density at radius 2 is 2.05 bits per heavy atom. The van der Waals surface area contributed by atoms with Gasteiger partial charge in [-0.2, -0.15) is 5.10 Å². The zero-order valence-corrected chi connectivity index (χ0v) is 13.0. The van der Waals surface area contributed by atoms with E-state index in [1.165, 1.54) is 0 Å². The minimum atomic E-state index is -0.0442. The van der Waals surface area contributed by atoms with Gasteiger partial charge in [-0.1, -0.05) is 6.07 Å². The first kappa shape index (κ1) is 15.8. The topological polar surface area (TPSA) is 89.1 Å². The van der Waals surface area contributed by atoms with Crippen LogP contribution in [-0.4, -0.2) is 35.3 Å². The maximum atomic E-state index is 11.8. The van der Waals surface area contributed by atoms with E-state index in [0.717, 1.165) is 11.4 Å². The van der Waals surface area contributed by atoms with E-state index in [4.69, 9.17) is 9.47 Å².